The quantitative estimate of drug-likeness (QED) is 0.359. The van der Waals surface area contributed by atoms with Gasteiger partial charge >= 0.3 is 5.97 Å². The van der Waals surface area contributed by atoms with E-state index in [9.17, 15) is 20.1 Å². The number of carboxylic acid groups (broad SMARTS) is 1. The zero-order chi connectivity index (χ0) is 23.9. The Morgan fingerprint density at radius 1 is 1.09 bits per heavy atom. The van der Waals surface area contributed by atoms with Crippen molar-refractivity contribution in [1.29, 1.82) is 0 Å². The number of aryl methyl sites for hydroxylation is 1. The number of aliphatic hydroxyl groups is 1. The Morgan fingerprint density at radius 2 is 1.85 bits per heavy atom. The van der Waals surface area contributed by atoms with Gasteiger partial charge in [0.1, 0.15) is 41.6 Å². The second kappa shape index (κ2) is 10.9. The van der Waals surface area contributed by atoms with Gasteiger partial charge in [-0.1, -0.05) is 24.3 Å². The zero-order valence-corrected chi connectivity index (χ0v) is 18.5. The summed E-state index contributed by atoms with van der Waals surface area (Å²) in [5.41, 5.74) is 1.11. The maximum Gasteiger partial charge on any atom is 0.339 e. The Balaban J connectivity index is 1.25. The number of hydrogen-bond donors (Lipinski definition) is 4. The lowest BCUT2D eigenvalue weighted by Gasteiger charge is -2.27. The first kappa shape index (κ1) is 23.4. The first-order chi connectivity index (χ1) is 16.5. The normalized spacial score (nSPS) is 15.6. The van der Waals surface area contributed by atoms with Crippen LogP contribution < -0.4 is 19.5 Å². The van der Waals surface area contributed by atoms with E-state index in [1.807, 2.05) is 12.1 Å². The summed E-state index contributed by atoms with van der Waals surface area (Å²) in [6, 6.07) is 18.6. The van der Waals surface area contributed by atoms with Gasteiger partial charge < -0.3 is 34.8 Å². The van der Waals surface area contributed by atoms with E-state index in [1.165, 1.54) is 12.1 Å². The number of fused-ring (bicyclic) bond motifs is 1. The molecular formula is C26H27NO7. The number of rotatable bonds is 10. The molecule has 0 saturated heterocycles. The highest BCUT2D eigenvalue weighted by Gasteiger charge is 2.21. The van der Waals surface area contributed by atoms with E-state index in [0.717, 1.165) is 24.2 Å². The molecule has 0 bridgehead atoms. The third-order valence-corrected chi connectivity index (χ3v) is 5.45. The number of carboxylic acids is 1. The van der Waals surface area contributed by atoms with Crippen LogP contribution in [0.1, 0.15) is 22.3 Å². The summed E-state index contributed by atoms with van der Waals surface area (Å²) in [4.78, 5) is 11.4. The fraction of sp³-hybridized carbons (Fsp3) is 0.269. The van der Waals surface area contributed by atoms with E-state index in [-0.39, 0.29) is 24.0 Å². The van der Waals surface area contributed by atoms with E-state index >= 15 is 0 Å². The molecular weight excluding hydrogens is 438 g/mol. The minimum absolute atomic E-state index is 0.0385. The van der Waals surface area contributed by atoms with E-state index in [4.69, 9.17) is 14.2 Å². The summed E-state index contributed by atoms with van der Waals surface area (Å²) >= 11 is 0. The number of aliphatic hydroxyl groups excluding tert-OH is 1. The van der Waals surface area contributed by atoms with Crippen molar-refractivity contribution < 1.29 is 34.3 Å². The van der Waals surface area contributed by atoms with Crippen LogP contribution in [0.3, 0.4) is 0 Å². The molecule has 8 nitrogen and oxygen atoms in total. The zero-order valence-electron chi connectivity index (χ0n) is 18.5. The average Bonchev–Trinajstić information content (AvgIpc) is 2.84. The topological polar surface area (TPSA) is 117 Å². The molecule has 1 aliphatic rings. The first-order valence-electron chi connectivity index (χ1n) is 11.1. The summed E-state index contributed by atoms with van der Waals surface area (Å²) < 4.78 is 17.3. The van der Waals surface area contributed by atoms with Crippen molar-refractivity contribution in [1.82, 2.24) is 5.32 Å². The maximum atomic E-state index is 11.4. The Bertz CT molecular complexity index is 1130. The van der Waals surface area contributed by atoms with Crippen molar-refractivity contribution in [2.24, 2.45) is 0 Å². The van der Waals surface area contributed by atoms with Crippen molar-refractivity contribution >= 4 is 5.97 Å². The van der Waals surface area contributed by atoms with Gasteiger partial charge in [0.25, 0.3) is 0 Å². The summed E-state index contributed by atoms with van der Waals surface area (Å²) in [6.45, 7) is 0.958. The minimum atomic E-state index is -1.04. The maximum absolute atomic E-state index is 11.4. The second-order valence-corrected chi connectivity index (χ2v) is 8.04. The van der Waals surface area contributed by atoms with Crippen LogP contribution in [0.2, 0.25) is 0 Å². The van der Waals surface area contributed by atoms with Crippen molar-refractivity contribution in [3.8, 4) is 28.7 Å². The predicted octanol–water partition coefficient (Wildman–Crippen LogP) is 3.61. The highest BCUT2D eigenvalue weighted by molar-refractivity contribution is 5.90. The monoisotopic (exact) mass is 465 g/mol. The predicted molar refractivity (Wildman–Crippen MR) is 125 cm³/mol. The number of benzene rings is 3. The van der Waals surface area contributed by atoms with Crippen molar-refractivity contribution in [3.63, 3.8) is 0 Å². The molecule has 2 unspecified atom stereocenters. The molecule has 0 fully saturated rings. The molecule has 3 aromatic carbocycles. The van der Waals surface area contributed by atoms with Crippen LogP contribution in [-0.2, 0) is 6.42 Å². The molecule has 0 aromatic heterocycles. The molecule has 1 aliphatic heterocycles. The highest BCUT2D eigenvalue weighted by Crippen LogP contribution is 2.33. The van der Waals surface area contributed by atoms with Crippen LogP contribution in [0.15, 0.2) is 66.7 Å². The average molecular weight is 466 g/mol. The van der Waals surface area contributed by atoms with Gasteiger partial charge in [-0.05, 0) is 60.9 Å². The number of phenolic OH excluding ortho intramolecular Hbond substituents is 1. The summed E-state index contributed by atoms with van der Waals surface area (Å²) in [5.74, 6) is 0.946. The molecule has 8 heteroatoms. The van der Waals surface area contributed by atoms with Gasteiger partial charge in [0, 0.05) is 13.1 Å². The molecule has 0 amide bonds. The molecule has 4 rings (SSSR count). The van der Waals surface area contributed by atoms with Gasteiger partial charge in [-0.2, -0.15) is 0 Å². The number of hydrogen-bond acceptors (Lipinski definition) is 7. The second-order valence-electron chi connectivity index (χ2n) is 8.04. The van der Waals surface area contributed by atoms with Gasteiger partial charge in [0.2, 0.25) is 0 Å². The van der Waals surface area contributed by atoms with Gasteiger partial charge in [-0.3, -0.25) is 0 Å². The third-order valence-electron chi connectivity index (χ3n) is 5.45. The van der Waals surface area contributed by atoms with E-state index in [2.05, 4.69) is 5.32 Å². The Morgan fingerprint density at radius 3 is 2.65 bits per heavy atom. The Labute approximate surface area is 197 Å². The molecule has 0 saturated carbocycles. The number of aromatic hydroxyl groups is 1. The molecule has 0 spiro atoms. The number of para-hydroxylation sites is 3. The molecule has 178 valence electrons. The minimum Gasteiger partial charge on any atom is -0.504 e. The lowest BCUT2D eigenvalue weighted by atomic mass is 10.0. The van der Waals surface area contributed by atoms with Crippen molar-refractivity contribution in [2.45, 2.75) is 25.0 Å². The largest absolute Gasteiger partial charge is 0.504 e. The number of ether oxygens (including phenoxy) is 3. The third kappa shape index (κ3) is 5.98. The summed E-state index contributed by atoms with van der Waals surface area (Å²) in [5, 5.41) is 32.4. The van der Waals surface area contributed by atoms with E-state index < -0.39 is 12.1 Å². The molecule has 0 radical (unpaired) electrons. The molecule has 0 aliphatic carbocycles. The van der Waals surface area contributed by atoms with Crippen LogP contribution in [-0.4, -0.2) is 53.2 Å². The van der Waals surface area contributed by atoms with E-state index in [1.54, 1.807) is 42.5 Å². The first-order valence-corrected chi connectivity index (χ1v) is 11.1. The standard InChI is InChI=1S/C26H27NO7/c28-18(16-32-25-8-4-2-6-22(25)29)14-27-15-20-10-9-17-13-19(11-12-23(17)34-20)33-24-7-3-1-5-21(24)26(30)31/h1-8,11-13,18,20,27-29H,9-10,14-16H2,(H,30,31). The van der Waals surface area contributed by atoms with Gasteiger partial charge in [0.15, 0.2) is 11.5 Å². The fourth-order valence-electron chi connectivity index (χ4n) is 3.72. The number of aromatic carboxylic acids is 1. The van der Waals surface area contributed by atoms with Crippen LogP contribution in [0.5, 0.6) is 28.7 Å². The van der Waals surface area contributed by atoms with Gasteiger partial charge in [-0.15, -0.1) is 0 Å². The molecule has 1 heterocycles. The molecule has 4 N–H and O–H groups in total. The Hall–Kier alpha value is -3.75. The van der Waals surface area contributed by atoms with E-state index in [0.29, 0.717) is 30.3 Å². The summed E-state index contributed by atoms with van der Waals surface area (Å²) in [6.07, 6.45) is 0.806. The van der Waals surface area contributed by atoms with Crippen LogP contribution in [0.4, 0.5) is 0 Å². The highest BCUT2D eigenvalue weighted by atomic mass is 16.5. The van der Waals surface area contributed by atoms with Crippen molar-refractivity contribution in [3.05, 3.63) is 77.9 Å². The number of carbonyl (C=O) groups is 1. The molecule has 34 heavy (non-hydrogen) atoms. The lowest BCUT2D eigenvalue weighted by Crippen LogP contribution is -2.39. The smallest absolute Gasteiger partial charge is 0.339 e. The molecule has 3 aromatic rings. The van der Waals surface area contributed by atoms with Crippen LogP contribution in [0.25, 0.3) is 0 Å². The number of nitrogens with one attached hydrogen (secondary N) is 1. The number of phenols is 1. The summed E-state index contributed by atoms with van der Waals surface area (Å²) in [7, 11) is 0. The van der Waals surface area contributed by atoms with Crippen molar-refractivity contribution in [2.75, 3.05) is 19.7 Å². The lowest BCUT2D eigenvalue weighted by molar-refractivity contribution is 0.0694. The van der Waals surface area contributed by atoms with Gasteiger partial charge in [-0.25, -0.2) is 4.79 Å². The van der Waals surface area contributed by atoms with Gasteiger partial charge in [0.05, 0.1) is 0 Å². The molecule has 2 atom stereocenters. The SMILES string of the molecule is O=C(O)c1ccccc1Oc1ccc2c(c1)CCC(CNCC(O)COc1ccccc1O)O2. The van der Waals surface area contributed by atoms with Crippen LogP contribution in [0, 0.1) is 0 Å². The fourth-order valence-corrected chi connectivity index (χ4v) is 3.72. The van der Waals surface area contributed by atoms with Crippen LogP contribution >= 0.6 is 0 Å². The Kier molecular flexibility index (Phi) is 7.51.